The lowest BCUT2D eigenvalue weighted by atomic mass is 9.89. The van der Waals surface area contributed by atoms with Crippen molar-refractivity contribution in [2.75, 3.05) is 13.1 Å². The topological polar surface area (TPSA) is 66.7 Å². The van der Waals surface area contributed by atoms with E-state index in [1.807, 2.05) is 49.1 Å². The summed E-state index contributed by atoms with van der Waals surface area (Å²) in [7, 11) is 0. The van der Waals surface area contributed by atoms with E-state index in [0.717, 1.165) is 23.4 Å². The monoisotopic (exact) mass is 438 g/mol. The van der Waals surface area contributed by atoms with Crippen molar-refractivity contribution in [3.8, 4) is 0 Å². The zero-order valence-electron chi connectivity index (χ0n) is 17.8. The molecule has 1 aliphatic heterocycles. The summed E-state index contributed by atoms with van der Waals surface area (Å²) in [6.07, 6.45) is 5.15. The molecule has 0 saturated carbocycles. The average molecular weight is 439 g/mol. The zero-order chi connectivity index (χ0) is 22.0. The molecule has 6 nitrogen and oxygen atoms in total. The van der Waals surface area contributed by atoms with Gasteiger partial charge in [-0.1, -0.05) is 43.6 Å². The SMILES string of the molecule is CC(C)[C@@H](NC(=O)c1cnn2ccccc12)C(=O)N1CCC(c2ccc(Cl)cc2)CC1. The van der Waals surface area contributed by atoms with Gasteiger partial charge in [-0.3, -0.25) is 9.59 Å². The van der Waals surface area contributed by atoms with Crippen LogP contribution in [0.15, 0.2) is 54.9 Å². The lowest BCUT2D eigenvalue weighted by molar-refractivity contribution is -0.135. The molecule has 4 rings (SSSR count). The van der Waals surface area contributed by atoms with E-state index >= 15 is 0 Å². The molecular formula is C24H27ClN4O2. The maximum absolute atomic E-state index is 13.3. The van der Waals surface area contributed by atoms with Crippen LogP contribution in [0.2, 0.25) is 5.02 Å². The highest BCUT2D eigenvalue weighted by molar-refractivity contribution is 6.30. The van der Waals surface area contributed by atoms with Gasteiger partial charge in [-0.25, -0.2) is 4.52 Å². The molecule has 1 fully saturated rings. The Hall–Kier alpha value is -2.86. The second kappa shape index (κ2) is 9.10. The minimum Gasteiger partial charge on any atom is -0.341 e. The van der Waals surface area contributed by atoms with Crippen LogP contribution in [0.3, 0.4) is 0 Å². The Morgan fingerprint density at radius 3 is 2.48 bits per heavy atom. The number of hydrogen-bond acceptors (Lipinski definition) is 3. The molecule has 3 heterocycles. The van der Waals surface area contributed by atoms with Gasteiger partial charge in [-0.15, -0.1) is 0 Å². The van der Waals surface area contributed by atoms with Crippen LogP contribution in [0.5, 0.6) is 0 Å². The highest BCUT2D eigenvalue weighted by Gasteiger charge is 2.32. The number of benzene rings is 1. The van der Waals surface area contributed by atoms with Crippen molar-refractivity contribution < 1.29 is 9.59 Å². The second-order valence-electron chi connectivity index (χ2n) is 8.43. The standard InChI is InChI=1S/C24H27ClN4O2/c1-16(2)22(27-23(30)20-15-26-29-12-4-3-5-21(20)29)24(31)28-13-10-18(11-14-28)17-6-8-19(25)9-7-17/h3-9,12,15-16,18,22H,10-11,13-14H2,1-2H3,(H,27,30)/t22-/m1/s1. The summed E-state index contributed by atoms with van der Waals surface area (Å²) in [4.78, 5) is 28.1. The molecule has 31 heavy (non-hydrogen) atoms. The summed E-state index contributed by atoms with van der Waals surface area (Å²) < 4.78 is 1.66. The van der Waals surface area contributed by atoms with Crippen molar-refractivity contribution in [3.05, 3.63) is 71.0 Å². The molecule has 0 aliphatic carbocycles. The number of piperidine rings is 1. The fourth-order valence-electron chi connectivity index (χ4n) is 4.21. The number of likely N-dealkylation sites (tertiary alicyclic amines) is 1. The van der Waals surface area contributed by atoms with Crippen LogP contribution in [0, 0.1) is 5.92 Å². The number of carbonyl (C=O) groups is 2. The van der Waals surface area contributed by atoms with E-state index in [2.05, 4.69) is 22.5 Å². The summed E-state index contributed by atoms with van der Waals surface area (Å²) in [6.45, 7) is 5.28. The molecule has 1 N–H and O–H groups in total. The molecule has 2 aromatic heterocycles. The largest absolute Gasteiger partial charge is 0.341 e. The quantitative estimate of drug-likeness (QED) is 0.650. The summed E-state index contributed by atoms with van der Waals surface area (Å²) in [5.41, 5.74) is 2.46. The number of carbonyl (C=O) groups excluding carboxylic acids is 2. The predicted octanol–water partition coefficient (Wildman–Crippen LogP) is 4.15. The third-order valence-electron chi connectivity index (χ3n) is 6.04. The number of aromatic nitrogens is 2. The molecule has 0 radical (unpaired) electrons. The van der Waals surface area contributed by atoms with Crippen LogP contribution in [-0.2, 0) is 4.79 Å². The van der Waals surface area contributed by atoms with Crippen LogP contribution < -0.4 is 5.32 Å². The molecule has 7 heteroatoms. The summed E-state index contributed by atoms with van der Waals surface area (Å²) in [5, 5.41) is 7.91. The zero-order valence-corrected chi connectivity index (χ0v) is 18.5. The number of pyridine rings is 1. The maximum atomic E-state index is 13.3. The third-order valence-corrected chi connectivity index (χ3v) is 6.29. The van der Waals surface area contributed by atoms with Crippen LogP contribution in [-0.4, -0.2) is 45.5 Å². The molecule has 1 aromatic carbocycles. The first kappa shape index (κ1) is 21.4. The lowest BCUT2D eigenvalue weighted by Gasteiger charge is -2.35. The third kappa shape index (κ3) is 4.59. The normalized spacial score (nSPS) is 15.9. The molecule has 0 spiro atoms. The highest BCUT2D eigenvalue weighted by atomic mass is 35.5. The Morgan fingerprint density at radius 2 is 1.81 bits per heavy atom. The van der Waals surface area contributed by atoms with E-state index in [1.165, 1.54) is 5.56 Å². The molecular weight excluding hydrogens is 412 g/mol. The molecule has 162 valence electrons. The van der Waals surface area contributed by atoms with Gasteiger partial charge >= 0.3 is 0 Å². The molecule has 0 unspecified atom stereocenters. The van der Waals surface area contributed by atoms with Crippen LogP contribution in [0.25, 0.3) is 5.52 Å². The first-order valence-corrected chi connectivity index (χ1v) is 11.1. The second-order valence-corrected chi connectivity index (χ2v) is 8.87. The van der Waals surface area contributed by atoms with Gasteiger partial charge in [0.05, 0.1) is 17.3 Å². The number of halogens is 1. The number of fused-ring (bicyclic) bond motifs is 1. The van der Waals surface area contributed by atoms with E-state index in [-0.39, 0.29) is 17.7 Å². The molecule has 2 amide bonds. The first-order chi connectivity index (χ1) is 14.9. The average Bonchev–Trinajstić information content (AvgIpc) is 3.22. The van der Waals surface area contributed by atoms with Gasteiger partial charge in [0.2, 0.25) is 5.91 Å². The van der Waals surface area contributed by atoms with Gasteiger partial charge < -0.3 is 10.2 Å². The van der Waals surface area contributed by atoms with Gasteiger partial charge in [0, 0.05) is 24.3 Å². The van der Waals surface area contributed by atoms with Gasteiger partial charge in [0.1, 0.15) is 6.04 Å². The number of nitrogens with one attached hydrogen (secondary N) is 1. The Labute approximate surface area is 187 Å². The van der Waals surface area contributed by atoms with E-state index in [9.17, 15) is 9.59 Å². The summed E-state index contributed by atoms with van der Waals surface area (Å²) in [5.74, 6) is 0.109. The predicted molar refractivity (Wildman–Crippen MR) is 121 cm³/mol. The van der Waals surface area contributed by atoms with E-state index in [0.29, 0.717) is 24.6 Å². The fourth-order valence-corrected chi connectivity index (χ4v) is 4.33. The Balaban J connectivity index is 1.42. The molecule has 1 aliphatic rings. The van der Waals surface area contributed by atoms with Gasteiger partial charge in [0.15, 0.2) is 0 Å². The van der Waals surface area contributed by atoms with E-state index in [4.69, 9.17) is 11.6 Å². The molecule has 0 bridgehead atoms. The maximum Gasteiger partial charge on any atom is 0.255 e. The molecule has 1 saturated heterocycles. The van der Waals surface area contributed by atoms with Crippen LogP contribution in [0.1, 0.15) is 48.5 Å². The number of rotatable bonds is 5. The van der Waals surface area contributed by atoms with Crippen molar-refractivity contribution >= 4 is 28.9 Å². The number of nitrogens with zero attached hydrogens (tertiary/aromatic N) is 3. The smallest absolute Gasteiger partial charge is 0.255 e. The highest BCUT2D eigenvalue weighted by Crippen LogP contribution is 2.29. The van der Waals surface area contributed by atoms with Gasteiger partial charge in [-0.2, -0.15) is 5.10 Å². The summed E-state index contributed by atoms with van der Waals surface area (Å²) >= 11 is 6.00. The lowest BCUT2D eigenvalue weighted by Crippen LogP contribution is -2.52. The number of hydrogen-bond donors (Lipinski definition) is 1. The van der Waals surface area contributed by atoms with Crippen LogP contribution >= 0.6 is 11.6 Å². The van der Waals surface area contributed by atoms with Crippen molar-refractivity contribution in [2.24, 2.45) is 5.92 Å². The Kier molecular flexibility index (Phi) is 6.28. The van der Waals surface area contributed by atoms with Crippen molar-refractivity contribution in [3.63, 3.8) is 0 Å². The van der Waals surface area contributed by atoms with E-state index < -0.39 is 6.04 Å². The Morgan fingerprint density at radius 1 is 1.10 bits per heavy atom. The summed E-state index contributed by atoms with van der Waals surface area (Å²) in [6, 6.07) is 13.0. The molecule has 1 atom stereocenters. The number of amides is 2. The van der Waals surface area contributed by atoms with Gasteiger partial charge in [0.25, 0.3) is 5.91 Å². The first-order valence-electron chi connectivity index (χ1n) is 10.7. The Bertz CT molecular complexity index is 1070. The van der Waals surface area contributed by atoms with Crippen molar-refractivity contribution in [1.29, 1.82) is 0 Å². The van der Waals surface area contributed by atoms with Crippen molar-refractivity contribution in [1.82, 2.24) is 19.8 Å². The minimum atomic E-state index is -0.571. The fraction of sp³-hybridized carbons (Fsp3) is 0.375. The van der Waals surface area contributed by atoms with Gasteiger partial charge in [-0.05, 0) is 54.5 Å². The van der Waals surface area contributed by atoms with Crippen LogP contribution in [0.4, 0.5) is 0 Å². The minimum absolute atomic E-state index is 0.0191. The molecule has 3 aromatic rings. The van der Waals surface area contributed by atoms with Crippen molar-refractivity contribution in [2.45, 2.75) is 38.6 Å². The van der Waals surface area contributed by atoms with E-state index in [1.54, 1.807) is 16.9 Å².